The van der Waals surface area contributed by atoms with Gasteiger partial charge in [0.15, 0.2) is 11.5 Å². The third kappa shape index (κ3) is 6.47. The summed E-state index contributed by atoms with van der Waals surface area (Å²) in [6.45, 7) is 5.32. The Balaban J connectivity index is 1.45. The molecule has 1 fully saturated rings. The molecule has 0 radical (unpaired) electrons. The average Bonchev–Trinajstić information content (AvgIpc) is 2.97. The van der Waals surface area contributed by atoms with Crippen LogP contribution >= 0.6 is 0 Å². The zero-order valence-electron chi connectivity index (χ0n) is 22.6. The molecule has 0 spiro atoms. The maximum absolute atomic E-state index is 13.0. The van der Waals surface area contributed by atoms with Crippen molar-refractivity contribution in [2.24, 2.45) is 0 Å². The normalized spacial score (nSPS) is 14.1. The fraction of sp³-hybridized carbons (Fsp3) is 0.323. The first-order valence-corrected chi connectivity index (χ1v) is 12.9. The average molecular weight is 517 g/mol. The summed E-state index contributed by atoms with van der Waals surface area (Å²) in [7, 11) is 4.96. The summed E-state index contributed by atoms with van der Waals surface area (Å²) in [4.78, 5) is 17.3. The number of hydrogen-bond acceptors (Lipinski definition) is 6. The molecule has 1 aliphatic heterocycles. The Hall–Kier alpha value is -3.97. The minimum Gasteiger partial charge on any atom is -0.497 e. The van der Waals surface area contributed by atoms with Gasteiger partial charge in [-0.05, 0) is 66.1 Å². The molecule has 4 rings (SSSR count). The maximum Gasteiger partial charge on any atom is 0.246 e. The van der Waals surface area contributed by atoms with Gasteiger partial charge in [0.05, 0.1) is 34.0 Å². The molecular formula is C31H36N2O5. The van der Waals surface area contributed by atoms with Gasteiger partial charge in [-0.2, -0.15) is 0 Å². The van der Waals surface area contributed by atoms with Crippen LogP contribution in [0.4, 0.5) is 0 Å². The van der Waals surface area contributed by atoms with Crippen molar-refractivity contribution in [2.45, 2.75) is 13.0 Å². The topological polar surface area (TPSA) is 60.5 Å². The van der Waals surface area contributed by atoms with Crippen molar-refractivity contribution in [3.8, 4) is 23.0 Å². The molecule has 0 saturated carbocycles. The van der Waals surface area contributed by atoms with E-state index in [1.807, 2.05) is 60.4 Å². The van der Waals surface area contributed by atoms with Crippen LogP contribution in [0.5, 0.6) is 23.0 Å². The van der Waals surface area contributed by atoms with Crippen molar-refractivity contribution in [1.82, 2.24) is 9.80 Å². The quantitative estimate of drug-likeness (QED) is 0.351. The van der Waals surface area contributed by atoms with Gasteiger partial charge in [0, 0.05) is 32.3 Å². The number of carbonyl (C=O) groups excluding carboxylic acids is 1. The molecule has 1 saturated heterocycles. The third-order valence-electron chi connectivity index (χ3n) is 6.76. The van der Waals surface area contributed by atoms with Gasteiger partial charge in [-0.15, -0.1) is 0 Å². The SMILES string of the molecule is CCOc1ccc(/C=C/C(=O)N2CCN(C(c3ccc(OC)cc3)c3ccc(OC)cc3)CC2)cc1OC. The van der Waals surface area contributed by atoms with Crippen LogP contribution in [0.2, 0.25) is 0 Å². The van der Waals surface area contributed by atoms with Crippen LogP contribution in [-0.4, -0.2) is 69.8 Å². The van der Waals surface area contributed by atoms with E-state index < -0.39 is 0 Å². The van der Waals surface area contributed by atoms with E-state index >= 15 is 0 Å². The van der Waals surface area contributed by atoms with Gasteiger partial charge in [0.25, 0.3) is 0 Å². The van der Waals surface area contributed by atoms with Crippen LogP contribution in [0.3, 0.4) is 0 Å². The van der Waals surface area contributed by atoms with Crippen molar-refractivity contribution in [3.63, 3.8) is 0 Å². The number of amides is 1. The van der Waals surface area contributed by atoms with E-state index in [2.05, 4.69) is 29.2 Å². The number of hydrogen-bond donors (Lipinski definition) is 0. The summed E-state index contributed by atoms with van der Waals surface area (Å²) in [5.41, 5.74) is 3.25. The molecule has 7 heteroatoms. The number of nitrogens with zero attached hydrogens (tertiary/aromatic N) is 2. The van der Waals surface area contributed by atoms with Gasteiger partial charge in [0.2, 0.25) is 5.91 Å². The lowest BCUT2D eigenvalue weighted by atomic mass is 9.96. The van der Waals surface area contributed by atoms with Gasteiger partial charge >= 0.3 is 0 Å². The molecule has 7 nitrogen and oxygen atoms in total. The molecule has 0 atom stereocenters. The van der Waals surface area contributed by atoms with E-state index in [0.717, 1.165) is 30.2 Å². The van der Waals surface area contributed by atoms with Gasteiger partial charge in [-0.3, -0.25) is 9.69 Å². The van der Waals surface area contributed by atoms with Crippen molar-refractivity contribution in [1.29, 1.82) is 0 Å². The van der Waals surface area contributed by atoms with Gasteiger partial charge in [0.1, 0.15) is 11.5 Å². The van der Waals surface area contributed by atoms with Crippen LogP contribution in [0, 0.1) is 0 Å². The number of carbonyl (C=O) groups is 1. The Morgan fingerprint density at radius 1 is 0.789 bits per heavy atom. The van der Waals surface area contributed by atoms with Crippen LogP contribution in [0.1, 0.15) is 29.7 Å². The second-order valence-corrected chi connectivity index (χ2v) is 8.99. The molecule has 3 aromatic carbocycles. The van der Waals surface area contributed by atoms with E-state index in [0.29, 0.717) is 31.2 Å². The number of piperazine rings is 1. The molecule has 0 N–H and O–H groups in total. The summed E-state index contributed by atoms with van der Waals surface area (Å²) in [6, 6.07) is 22.1. The lowest BCUT2D eigenvalue weighted by Crippen LogP contribution is -2.49. The molecule has 1 amide bonds. The zero-order valence-corrected chi connectivity index (χ0v) is 22.6. The highest BCUT2D eigenvalue weighted by Crippen LogP contribution is 2.32. The lowest BCUT2D eigenvalue weighted by molar-refractivity contribution is -0.127. The van der Waals surface area contributed by atoms with Gasteiger partial charge in [-0.25, -0.2) is 0 Å². The number of benzene rings is 3. The highest BCUT2D eigenvalue weighted by Gasteiger charge is 2.27. The highest BCUT2D eigenvalue weighted by molar-refractivity contribution is 5.92. The van der Waals surface area contributed by atoms with Crippen molar-refractivity contribution < 1.29 is 23.7 Å². The second-order valence-electron chi connectivity index (χ2n) is 8.99. The maximum atomic E-state index is 13.0. The van der Waals surface area contributed by atoms with Gasteiger partial charge < -0.3 is 23.8 Å². The predicted octanol–water partition coefficient (Wildman–Crippen LogP) is 5.06. The molecule has 0 bridgehead atoms. The predicted molar refractivity (Wildman–Crippen MR) is 149 cm³/mol. The summed E-state index contributed by atoms with van der Waals surface area (Å²) in [5, 5.41) is 0. The summed E-state index contributed by atoms with van der Waals surface area (Å²) in [5.74, 6) is 3.00. The molecule has 38 heavy (non-hydrogen) atoms. The van der Waals surface area contributed by atoms with Crippen molar-refractivity contribution in [3.05, 3.63) is 89.5 Å². The number of ether oxygens (including phenoxy) is 4. The Morgan fingerprint density at radius 2 is 1.37 bits per heavy atom. The number of rotatable bonds is 10. The monoisotopic (exact) mass is 516 g/mol. The Morgan fingerprint density at radius 3 is 1.87 bits per heavy atom. The minimum absolute atomic E-state index is 0.00273. The Kier molecular flexibility index (Phi) is 9.27. The van der Waals surface area contributed by atoms with E-state index in [1.165, 1.54) is 11.1 Å². The lowest BCUT2D eigenvalue weighted by Gasteiger charge is -2.39. The first kappa shape index (κ1) is 27.1. The summed E-state index contributed by atoms with van der Waals surface area (Å²) < 4.78 is 21.7. The van der Waals surface area contributed by atoms with E-state index in [4.69, 9.17) is 18.9 Å². The minimum atomic E-state index is 0.00273. The first-order chi connectivity index (χ1) is 18.6. The third-order valence-corrected chi connectivity index (χ3v) is 6.76. The molecule has 3 aromatic rings. The van der Waals surface area contributed by atoms with Crippen LogP contribution in [-0.2, 0) is 4.79 Å². The van der Waals surface area contributed by atoms with E-state index in [-0.39, 0.29) is 11.9 Å². The summed E-state index contributed by atoms with van der Waals surface area (Å²) in [6.07, 6.45) is 3.46. The highest BCUT2D eigenvalue weighted by atomic mass is 16.5. The standard InChI is InChI=1S/C31H36N2O5/c1-5-38-28-16-6-23(22-29(28)37-4)7-17-30(34)32-18-20-33(21-19-32)31(24-8-12-26(35-2)13-9-24)25-10-14-27(36-3)15-11-25/h6-17,22,31H,5,18-21H2,1-4H3/b17-7+. The molecule has 200 valence electrons. The van der Waals surface area contributed by atoms with Gasteiger partial charge in [-0.1, -0.05) is 30.3 Å². The van der Waals surface area contributed by atoms with Crippen LogP contribution in [0.25, 0.3) is 6.08 Å². The molecule has 0 aliphatic carbocycles. The molecule has 1 aliphatic rings. The van der Waals surface area contributed by atoms with E-state index in [9.17, 15) is 4.79 Å². The number of methoxy groups -OCH3 is 3. The first-order valence-electron chi connectivity index (χ1n) is 12.9. The fourth-order valence-electron chi connectivity index (χ4n) is 4.72. The van der Waals surface area contributed by atoms with Crippen LogP contribution in [0.15, 0.2) is 72.8 Å². The van der Waals surface area contributed by atoms with Crippen LogP contribution < -0.4 is 18.9 Å². The Labute approximate surface area is 225 Å². The zero-order chi connectivity index (χ0) is 26.9. The molecule has 0 aromatic heterocycles. The fourth-order valence-corrected chi connectivity index (χ4v) is 4.72. The van der Waals surface area contributed by atoms with E-state index in [1.54, 1.807) is 27.4 Å². The van der Waals surface area contributed by atoms with Crippen molar-refractivity contribution in [2.75, 3.05) is 54.1 Å². The smallest absolute Gasteiger partial charge is 0.246 e. The Bertz CT molecular complexity index is 1170. The second kappa shape index (κ2) is 13.0. The molecular weight excluding hydrogens is 480 g/mol. The van der Waals surface area contributed by atoms with Crippen molar-refractivity contribution >= 4 is 12.0 Å². The molecule has 1 heterocycles. The molecule has 0 unspecified atom stereocenters. The summed E-state index contributed by atoms with van der Waals surface area (Å²) >= 11 is 0. The largest absolute Gasteiger partial charge is 0.497 e.